The van der Waals surface area contributed by atoms with Gasteiger partial charge in [-0.2, -0.15) is 5.26 Å². The summed E-state index contributed by atoms with van der Waals surface area (Å²) in [6.45, 7) is 0. The summed E-state index contributed by atoms with van der Waals surface area (Å²) in [5.74, 6) is -1.23. The first-order valence-corrected chi connectivity index (χ1v) is 8.02. The highest BCUT2D eigenvalue weighted by Gasteiger charge is 2.14. The zero-order valence-electron chi connectivity index (χ0n) is 13.5. The Morgan fingerprint density at radius 1 is 1.15 bits per heavy atom. The highest BCUT2D eigenvalue weighted by atomic mass is 35.5. The normalized spacial score (nSPS) is 10.6. The number of hydrogen-bond acceptors (Lipinski definition) is 5. The summed E-state index contributed by atoms with van der Waals surface area (Å²) in [5, 5.41) is 15.2. The molecule has 0 atom stereocenters. The predicted molar refractivity (Wildman–Crippen MR) is 100 cm³/mol. The summed E-state index contributed by atoms with van der Waals surface area (Å²) >= 11 is 11.9. The van der Waals surface area contributed by atoms with Gasteiger partial charge in [0.2, 0.25) is 0 Å². The summed E-state index contributed by atoms with van der Waals surface area (Å²) in [5.41, 5.74) is 0.712. The van der Waals surface area contributed by atoms with Crippen molar-refractivity contribution in [1.82, 2.24) is 0 Å². The summed E-state index contributed by atoms with van der Waals surface area (Å²) in [6, 6.07) is 12.9. The molecule has 0 aliphatic rings. The number of hydrogen-bond donors (Lipinski definition) is 2. The third-order valence-corrected chi connectivity index (χ3v) is 3.81. The van der Waals surface area contributed by atoms with E-state index in [4.69, 9.17) is 23.2 Å². The van der Waals surface area contributed by atoms with Crippen molar-refractivity contribution in [3.05, 3.63) is 69.8 Å². The van der Waals surface area contributed by atoms with Crippen LogP contribution in [0.1, 0.15) is 10.4 Å². The number of benzene rings is 2. The van der Waals surface area contributed by atoms with Gasteiger partial charge in [-0.1, -0.05) is 35.3 Å². The first-order chi connectivity index (χ1) is 12.5. The van der Waals surface area contributed by atoms with E-state index in [9.17, 15) is 14.9 Å². The highest BCUT2D eigenvalue weighted by Crippen LogP contribution is 2.25. The number of para-hydroxylation sites is 1. The number of carbonyl (C=O) groups excluding carboxylic acids is 2. The average molecular weight is 390 g/mol. The Balaban J connectivity index is 2.21. The SMILES string of the molecule is COC(=O)c1ccccc1N/C=C(/C#N)C(=O)Nc1cc(Cl)ccc1Cl. The molecule has 0 spiro atoms. The van der Waals surface area contributed by atoms with Gasteiger partial charge in [-0.3, -0.25) is 4.79 Å². The number of anilines is 2. The zero-order valence-corrected chi connectivity index (χ0v) is 15.1. The smallest absolute Gasteiger partial charge is 0.339 e. The standard InChI is InChI=1S/C18H13Cl2N3O3/c1-26-18(25)13-4-2-3-5-15(13)22-10-11(9-21)17(24)23-16-8-12(19)6-7-14(16)20/h2-8,10,22H,1H3,(H,23,24)/b11-10-. The van der Waals surface area contributed by atoms with Crippen LogP contribution >= 0.6 is 23.2 Å². The van der Waals surface area contributed by atoms with Crippen molar-refractivity contribution >= 4 is 46.5 Å². The van der Waals surface area contributed by atoms with E-state index in [0.29, 0.717) is 10.7 Å². The van der Waals surface area contributed by atoms with Crippen molar-refractivity contribution in [3.8, 4) is 6.07 Å². The fourth-order valence-electron chi connectivity index (χ4n) is 1.98. The molecule has 6 nitrogen and oxygen atoms in total. The maximum atomic E-state index is 12.3. The molecule has 26 heavy (non-hydrogen) atoms. The number of amides is 1. The van der Waals surface area contributed by atoms with E-state index in [1.807, 2.05) is 0 Å². The van der Waals surface area contributed by atoms with Crippen LogP contribution in [0.4, 0.5) is 11.4 Å². The second-order valence-corrected chi connectivity index (χ2v) is 5.77. The number of nitrogens with one attached hydrogen (secondary N) is 2. The number of nitrogens with zero attached hydrogens (tertiary/aromatic N) is 1. The van der Waals surface area contributed by atoms with Crippen LogP contribution in [0.15, 0.2) is 54.2 Å². The molecule has 0 radical (unpaired) electrons. The molecule has 0 aliphatic heterocycles. The number of nitriles is 1. The summed E-state index contributed by atoms with van der Waals surface area (Å²) < 4.78 is 4.69. The molecule has 0 aliphatic carbocycles. The molecule has 0 unspecified atom stereocenters. The molecule has 0 heterocycles. The van der Waals surface area contributed by atoms with Crippen LogP contribution in [-0.4, -0.2) is 19.0 Å². The van der Waals surface area contributed by atoms with Crippen LogP contribution in [0.2, 0.25) is 10.0 Å². The van der Waals surface area contributed by atoms with Gasteiger partial charge in [0, 0.05) is 11.2 Å². The Kier molecular flexibility index (Phi) is 6.61. The van der Waals surface area contributed by atoms with E-state index < -0.39 is 11.9 Å². The number of halogens is 2. The molecule has 0 saturated heterocycles. The third kappa shape index (κ3) is 4.76. The second kappa shape index (κ2) is 8.90. The summed E-state index contributed by atoms with van der Waals surface area (Å²) in [6.07, 6.45) is 1.19. The molecule has 0 saturated carbocycles. The maximum Gasteiger partial charge on any atom is 0.339 e. The minimum atomic E-state index is -0.681. The Morgan fingerprint density at radius 3 is 2.58 bits per heavy atom. The number of methoxy groups -OCH3 is 1. The summed E-state index contributed by atoms with van der Waals surface area (Å²) in [7, 11) is 1.26. The van der Waals surface area contributed by atoms with Crippen molar-refractivity contribution in [3.63, 3.8) is 0 Å². The maximum absolute atomic E-state index is 12.3. The topological polar surface area (TPSA) is 91.2 Å². The fourth-order valence-corrected chi connectivity index (χ4v) is 2.32. The van der Waals surface area contributed by atoms with Crippen molar-refractivity contribution in [1.29, 1.82) is 5.26 Å². The Bertz CT molecular complexity index is 920. The van der Waals surface area contributed by atoms with Crippen LogP contribution < -0.4 is 10.6 Å². The van der Waals surface area contributed by atoms with Gasteiger partial charge >= 0.3 is 5.97 Å². The van der Waals surface area contributed by atoms with E-state index in [0.717, 1.165) is 0 Å². The van der Waals surface area contributed by atoms with Crippen LogP contribution in [0, 0.1) is 11.3 Å². The molecular weight excluding hydrogens is 377 g/mol. The van der Waals surface area contributed by atoms with Crippen molar-refractivity contribution in [2.45, 2.75) is 0 Å². The van der Waals surface area contributed by atoms with E-state index in [1.54, 1.807) is 36.4 Å². The van der Waals surface area contributed by atoms with Crippen LogP contribution in [0.25, 0.3) is 0 Å². The van der Waals surface area contributed by atoms with Crippen LogP contribution in [0.5, 0.6) is 0 Å². The average Bonchev–Trinajstić information content (AvgIpc) is 2.65. The van der Waals surface area contributed by atoms with Gasteiger partial charge in [0.1, 0.15) is 11.6 Å². The number of carbonyl (C=O) groups is 2. The first kappa shape index (κ1) is 19.3. The van der Waals surface area contributed by atoms with Crippen molar-refractivity contribution in [2.24, 2.45) is 0 Å². The molecular formula is C18H13Cl2N3O3. The molecule has 0 bridgehead atoms. The largest absolute Gasteiger partial charge is 0.465 e. The van der Waals surface area contributed by atoms with E-state index in [2.05, 4.69) is 15.4 Å². The molecule has 8 heteroatoms. The molecule has 1 amide bonds. The molecule has 0 fully saturated rings. The highest BCUT2D eigenvalue weighted by molar-refractivity contribution is 6.36. The lowest BCUT2D eigenvalue weighted by atomic mass is 10.2. The Hall–Kier alpha value is -3.01. The number of rotatable bonds is 5. The van der Waals surface area contributed by atoms with E-state index in [-0.39, 0.29) is 21.8 Å². The number of ether oxygens (including phenoxy) is 1. The van der Waals surface area contributed by atoms with Gasteiger partial charge in [-0.15, -0.1) is 0 Å². The first-order valence-electron chi connectivity index (χ1n) is 7.26. The fraction of sp³-hybridized carbons (Fsp3) is 0.0556. The van der Waals surface area contributed by atoms with Gasteiger partial charge < -0.3 is 15.4 Å². The van der Waals surface area contributed by atoms with Crippen molar-refractivity contribution in [2.75, 3.05) is 17.7 Å². The molecule has 0 aromatic heterocycles. The van der Waals surface area contributed by atoms with Gasteiger partial charge in [-0.05, 0) is 30.3 Å². The monoisotopic (exact) mass is 389 g/mol. The molecule has 2 N–H and O–H groups in total. The van der Waals surface area contributed by atoms with E-state index >= 15 is 0 Å². The van der Waals surface area contributed by atoms with Gasteiger partial charge in [0.15, 0.2) is 0 Å². The molecule has 2 aromatic carbocycles. The van der Waals surface area contributed by atoms with Crippen LogP contribution in [-0.2, 0) is 9.53 Å². The molecule has 132 valence electrons. The lowest BCUT2D eigenvalue weighted by Crippen LogP contribution is -2.15. The second-order valence-electron chi connectivity index (χ2n) is 4.93. The zero-order chi connectivity index (χ0) is 19.1. The van der Waals surface area contributed by atoms with Gasteiger partial charge in [0.05, 0.1) is 29.1 Å². The third-order valence-electron chi connectivity index (χ3n) is 3.25. The molecule has 2 aromatic rings. The van der Waals surface area contributed by atoms with Gasteiger partial charge in [-0.25, -0.2) is 4.79 Å². The van der Waals surface area contributed by atoms with Gasteiger partial charge in [0.25, 0.3) is 5.91 Å². The lowest BCUT2D eigenvalue weighted by Gasteiger charge is -2.09. The minimum absolute atomic E-state index is 0.222. The van der Waals surface area contributed by atoms with E-state index in [1.165, 1.54) is 25.4 Å². The van der Waals surface area contributed by atoms with Crippen molar-refractivity contribution < 1.29 is 14.3 Å². The predicted octanol–water partition coefficient (Wildman–Crippen LogP) is 4.24. The lowest BCUT2D eigenvalue weighted by molar-refractivity contribution is -0.112. The molecule has 2 rings (SSSR count). The quantitative estimate of drug-likeness (QED) is 0.453. The summed E-state index contributed by atoms with van der Waals surface area (Å²) in [4.78, 5) is 24.0. The van der Waals surface area contributed by atoms with Crippen LogP contribution in [0.3, 0.4) is 0 Å². The number of esters is 1. The minimum Gasteiger partial charge on any atom is -0.465 e. The Morgan fingerprint density at radius 2 is 1.88 bits per heavy atom. The Labute approximate surface area is 160 Å².